The first-order valence-corrected chi connectivity index (χ1v) is 11.1. The molecule has 0 radical (unpaired) electrons. The van der Waals surface area contributed by atoms with Gasteiger partial charge in [0, 0.05) is 30.1 Å². The van der Waals surface area contributed by atoms with E-state index in [1.807, 2.05) is 32.4 Å². The van der Waals surface area contributed by atoms with Crippen LogP contribution in [0.15, 0.2) is 48.8 Å². The van der Waals surface area contributed by atoms with Crippen molar-refractivity contribution < 1.29 is 4.79 Å². The van der Waals surface area contributed by atoms with Crippen LogP contribution < -0.4 is 5.32 Å². The van der Waals surface area contributed by atoms with Crippen LogP contribution in [-0.4, -0.2) is 20.4 Å². The summed E-state index contributed by atoms with van der Waals surface area (Å²) in [7, 11) is 2.01. The van der Waals surface area contributed by atoms with Crippen molar-refractivity contribution in [3.63, 3.8) is 0 Å². The number of aromatic nitrogens is 3. The summed E-state index contributed by atoms with van der Waals surface area (Å²) in [6.07, 6.45) is 7.24. The molecule has 2 aromatic heterocycles. The molecule has 1 aromatic carbocycles. The van der Waals surface area contributed by atoms with Gasteiger partial charge in [0.2, 0.25) is 5.91 Å². The number of imidazole rings is 1. The summed E-state index contributed by atoms with van der Waals surface area (Å²) < 4.78 is 2.07. The molecule has 5 nitrogen and oxygen atoms in total. The number of aryl methyl sites for hydroxylation is 1. The maximum atomic E-state index is 12.9. The van der Waals surface area contributed by atoms with Crippen molar-refractivity contribution in [2.45, 2.75) is 53.4 Å². The number of carbonyl (C=O) groups excluding carboxylic acids is 1. The first-order valence-electron chi connectivity index (χ1n) is 11.1. The van der Waals surface area contributed by atoms with Gasteiger partial charge in [0.05, 0.1) is 11.9 Å². The van der Waals surface area contributed by atoms with Gasteiger partial charge in [-0.2, -0.15) is 0 Å². The topological polar surface area (TPSA) is 59.8 Å². The number of allylic oxidation sites excluding steroid dienone is 1. The zero-order valence-corrected chi connectivity index (χ0v) is 19.4. The van der Waals surface area contributed by atoms with Gasteiger partial charge in [-0.1, -0.05) is 45.1 Å². The van der Waals surface area contributed by atoms with Crippen LogP contribution in [0.2, 0.25) is 0 Å². The molecule has 1 N–H and O–H groups in total. The second-order valence-electron chi connectivity index (χ2n) is 8.86. The normalized spacial score (nSPS) is 12.3. The predicted molar refractivity (Wildman–Crippen MR) is 129 cm³/mol. The van der Waals surface area contributed by atoms with Gasteiger partial charge in [-0.3, -0.25) is 4.79 Å². The van der Waals surface area contributed by atoms with Crippen LogP contribution in [0.25, 0.3) is 22.0 Å². The number of carbonyl (C=O) groups is 1. The van der Waals surface area contributed by atoms with E-state index in [0.29, 0.717) is 11.7 Å². The highest BCUT2D eigenvalue weighted by atomic mass is 16.1. The highest BCUT2D eigenvalue weighted by Gasteiger charge is 2.18. The lowest BCUT2D eigenvalue weighted by Gasteiger charge is -2.16. The van der Waals surface area contributed by atoms with Gasteiger partial charge >= 0.3 is 0 Å². The van der Waals surface area contributed by atoms with Gasteiger partial charge in [-0.05, 0) is 56.0 Å². The molecule has 1 atom stereocenters. The Morgan fingerprint density at radius 3 is 2.58 bits per heavy atom. The van der Waals surface area contributed by atoms with Crippen molar-refractivity contribution in [2.24, 2.45) is 18.9 Å². The SMILES string of the molecule is C=C(CCC(CC)C(=O)Nc1cc2cc(-c3cnc(C)n3C)ccc2cn1)CC(C)C. The van der Waals surface area contributed by atoms with E-state index in [2.05, 4.69) is 65.4 Å². The molecule has 0 aliphatic heterocycles. The average Bonchev–Trinajstić information content (AvgIpc) is 3.06. The third-order valence-electron chi connectivity index (χ3n) is 5.90. The van der Waals surface area contributed by atoms with E-state index in [0.717, 1.165) is 53.5 Å². The maximum Gasteiger partial charge on any atom is 0.228 e. The molecule has 0 spiro atoms. The third-order valence-corrected chi connectivity index (χ3v) is 5.90. The van der Waals surface area contributed by atoms with Crippen molar-refractivity contribution in [2.75, 3.05) is 5.32 Å². The first kappa shape index (κ1) is 22.7. The Morgan fingerprint density at radius 2 is 1.94 bits per heavy atom. The molecule has 164 valence electrons. The Morgan fingerprint density at radius 1 is 1.16 bits per heavy atom. The van der Waals surface area contributed by atoms with Crippen molar-refractivity contribution in [3.05, 3.63) is 54.6 Å². The second kappa shape index (κ2) is 9.90. The highest BCUT2D eigenvalue weighted by Crippen LogP contribution is 2.26. The van der Waals surface area contributed by atoms with Gasteiger partial charge in [0.1, 0.15) is 11.6 Å². The molecule has 2 heterocycles. The van der Waals surface area contributed by atoms with Crippen LogP contribution in [0.5, 0.6) is 0 Å². The molecule has 1 amide bonds. The lowest BCUT2D eigenvalue weighted by molar-refractivity contribution is -0.120. The first-order chi connectivity index (χ1) is 14.8. The number of nitrogens with one attached hydrogen (secondary N) is 1. The molecular formula is C26H34N4O. The standard InChI is InChI=1S/C26H34N4O/c1-7-20(9-8-18(4)12-17(2)3)26(31)29-25-14-23-13-21(10-11-22(23)15-28-25)24-16-27-19(5)30(24)6/h10-11,13-17,20H,4,7-9,12H2,1-3,5-6H3,(H,28,29,31). The Hall–Kier alpha value is -2.95. The largest absolute Gasteiger partial charge is 0.331 e. The van der Waals surface area contributed by atoms with Crippen LogP contribution in [0.3, 0.4) is 0 Å². The van der Waals surface area contributed by atoms with Crippen LogP contribution in [0.4, 0.5) is 5.82 Å². The summed E-state index contributed by atoms with van der Waals surface area (Å²) >= 11 is 0. The van der Waals surface area contributed by atoms with Gasteiger partial charge < -0.3 is 9.88 Å². The van der Waals surface area contributed by atoms with E-state index >= 15 is 0 Å². The monoisotopic (exact) mass is 418 g/mol. The van der Waals surface area contributed by atoms with Crippen molar-refractivity contribution >= 4 is 22.5 Å². The maximum absolute atomic E-state index is 12.9. The Labute approximate surface area is 185 Å². The van der Waals surface area contributed by atoms with Crippen molar-refractivity contribution in [3.8, 4) is 11.3 Å². The average molecular weight is 419 g/mol. The predicted octanol–water partition coefficient (Wildman–Crippen LogP) is 6.29. The minimum Gasteiger partial charge on any atom is -0.331 e. The molecule has 0 saturated heterocycles. The summed E-state index contributed by atoms with van der Waals surface area (Å²) in [6.45, 7) is 12.6. The highest BCUT2D eigenvalue weighted by molar-refractivity contribution is 5.95. The van der Waals surface area contributed by atoms with E-state index in [4.69, 9.17) is 0 Å². The summed E-state index contributed by atoms with van der Waals surface area (Å²) in [4.78, 5) is 21.7. The molecule has 1 unspecified atom stereocenters. The summed E-state index contributed by atoms with van der Waals surface area (Å²) in [6, 6.07) is 8.21. The molecule has 0 saturated carbocycles. The van der Waals surface area contributed by atoms with Gasteiger partial charge in [0.15, 0.2) is 0 Å². The van der Waals surface area contributed by atoms with Crippen LogP contribution in [0.1, 0.15) is 52.3 Å². The number of hydrogen-bond acceptors (Lipinski definition) is 3. The minimum atomic E-state index is -0.0369. The smallest absolute Gasteiger partial charge is 0.228 e. The van der Waals surface area contributed by atoms with Crippen molar-refractivity contribution in [1.82, 2.24) is 14.5 Å². The fourth-order valence-corrected chi connectivity index (χ4v) is 3.95. The number of rotatable bonds is 9. The van der Waals surface area contributed by atoms with Crippen LogP contribution >= 0.6 is 0 Å². The quantitative estimate of drug-likeness (QED) is 0.415. The Kier molecular flexibility index (Phi) is 7.26. The number of fused-ring (bicyclic) bond motifs is 1. The van der Waals surface area contributed by atoms with Gasteiger partial charge in [-0.25, -0.2) is 9.97 Å². The molecule has 0 bridgehead atoms. The summed E-state index contributed by atoms with van der Waals surface area (Å²) in [5, 5.41) is 5.11. The van der Waals surface area contributed by atoms with Gasteiger partial charge in [-0.15, -0.1) is 0 Å². The van der Waals surface area contributed by atoms with Crippen molar-refractivity contribution in [1.29, 1.82) is 0 Å². The molecule has 31 heavy (non-hydrogen) atoms. The van der Waals surface area contributed by atoms with E-state index < -0.39 is 0 Å². The second-order valence-corrected chi connectivity index (χ2v) is 8.86. The molecule has 3 rings (SSSR count). The minimum absolute atomic E-state index is 0.0325. The molecule has 5 heteroatoms. The van der Waals surface area contributed by atoms with E-state index in [-0.39, 0.29) is 11.8 Å². The van der Waals surface area contributed by atoms with E-state index in [1.165, 1.54) is 5.57 Å². The molecule has 0 aliphatic rings. The number of amides is 1. The zero-order valence-electron chi connectivity index (χ0n) is 19.4. The summed E-state index contributed by atoms with van der Waals surface area (Å²) in [5.41, 5.74) is 3.38. The zero-order chi connectivity index (χ0) is 22.5. The van der Waals surface area contributed by atoms with Gasteiger partial charge in [0.25, 0.3) is 0 Å². The fraction of sp³-hybridized carbons (Fsp3) is 0.423. The van der Waals surface area contributed by atoms with Crippen LogP contribution in [0, 0.1) is 18.8 Å². The lowest BCUT2D eigenvalue weighted by atomic mass is 9.93. The Balaban J connectivity index is 1.73. The summed E-state index contributed by atoms with van der Waals surface area (Å²) in [5.74, 6) is 2.16. The molecule has 0 aliphatic carbocycles. The number of hydrogen-bond donors (Lipinski definition) is 1. The van der Waals surface area contributed by atoms with E-state index in [9.17, 15) is 4.79 Å². The lowest BCUT2D eigenvalue weighted by Crippen LogP contribution is -2.23. The molecule has 0 fully saturated rings. The molecule has 3 aromatic rings. The van der Waals surface area contributed by atoms with E-state index in [1.54, 1.807) is 0 Å². The number of nitrogens with zero attached hydrogens (tertiary/aromatic N) is 3. The fourth-order valence-electron chi connectivity index (χ4n) is 3.95. The van der Waals surface area contributed by atoms with Crippen LogP contribution in [-0.2, 0) is 11.8 Å². The number of pyridine rings is 1. The number of benzene rings is 1. The Bertz CT molecular complexity index is 1080. The molecular weight excluding hydrogens is 384 g/mol. The third kappa shape index (κ3) is 5.60. The number of anilines is 1.